The largest absolute Gasteiger partial charge is 0.371 e. The standard InChI is InChI=1S/C39H45N7O.C9H19N3.C9H18N2.C3H8.CH2O/c1-29-23-42-46(25-29)28-40-24-33-5-3-4-6-37(33)39-38-10-9-36(21-32(38)11-14-41-39)44-15-12-31(13-16-44)26-43-17-19-45(20-18-43)35-8-7-30(2)34(22-35)27-47;1-8(5-4-6-10)7-9(11-2)12-3;1-5-6-7-8-9(2)10-11(3)4;1-3-2;1-2/h3-11,14,21-23,25,27,31,40H,12-13,15-20,24,26,28H2,1-2H3;8H,2,4-7,10H2,1,3H3;5,10H,1-2,6-8H2,3-4H3;3H2,1-2H3;1H2. The van der Waals surface area contributed by atoms with E-state index in [9.17, 15) is 4.79 Å². The first kappa shape index (κ1) is 63.0. The van der Waals surface area contributed by atoms with E-state index in [1.165, 1.54) is 59.1 Å². The van der Waals surface area contributed by atoms with E-state index >= 15 is 0 Å². The number of anilines is 2. The summed E-state index contributed by atoms with van der Waals surface area (Å²) in [6.45, 7) is 33.2. The van der Waals surface area contributed by atoms with Crippen LogP contribution in [0.1, 0.15) is 106 Å². The summed E-state index contributed by atoms with van der Waals surface area (Å²) in [5.74, 6) is 2.19. The van der Waals surface area contributed by atoms with E-state index in [1.807, 2.05) is 68.2 Å². The van der Waals surface area contributed by atoms with Crippen LogP contribution in [0.15, 0.2) is 120 Å². The number of amidine groups is 1. The first-order chi connectivity index (χ1) is 36.4. The molecule has 14 nitrogen and oxygen atoms in total. The van der Waals surface area contributed by atoms with Gasteiger partial charge >= 0.3 is 0 Å². The van der Waals surface area contributed by atoms with Crippen LogP contribution in [-0.2, 0) is 18.0 Å². The Labute approximate surface area is 451 Å². The van der Waals surface area contributed by atoms with E-state index in [0.29, 0.717) is 12.6 Å². The van der Waals surface area contributed by atoms with Crippen molar-refractivity contribution in [2.45, 2.75) is 106 Å². The van der Waals surface area contributed by atoms with Gasteiger partial charge in [-0.25, -0.2) is 10.0 Å². The van der Waals surface area contributed by atoms with E-state index in [4.69, 9.17) is 15.5 Å². The molecule has 5 aromatic rings. The smallest absolute Gasteiger partial charge is 0.150 e. The van der Waals surface area contributed by atoms with Crippen molar-refractivity contribution in [2.75, 3.05) is 83.3 Å². The summed E-state index contributed by atoms with van der Waals surface area (Å²) in [6.07, 6.45) is 18.8. The quantitative estimate of drug-likeness (QED) is 0.0161. The van der Waals surface area contributed by atoms with Crippen molar-refractivity contribution in [1.29, 1.82) is 0 Å². The number of aryl methyl sites for hydroxylation is 2. The second-order valence-electron chi connectivity index (χ2n) is 19.8. The molecule has 1 unspecified atom stereocenters. The molecule has 0 saturated carbocycles. The van der Waals surface area contributed by atoms with Crippen LogP contribution >= 0.6 is 0 Å². The average Bonchev–Trinajstić information content (AvgIpc) is 3.85. The lowest BCUT2D eigenvalue weighted by Gasteiger charge is -2.40. The molecular weight excluding hydrogens is 933 g/mol. The van der Waals surface area contributed by atoms with Gasteiger partial charge < -0.3 is 25.8 Å². The normalized spacial score (nSPS) is 14.2. The number of allylic oxidation sites excluding steroid dienone is 2. The van der Waals surface area contributed by atoms with Crippen LogP contribution in [0.5, 0.6) is 0 Å². The van der Waals surface area contributed by atoms with Crippen molar-refractivity contribution < 1.29 is 9.59 Å². The molecule has 14 heteroatoms. The molecular formula is C61H92N12O2. The highest BCUT2D eigenvalue weighted by Gasteiger charge is 2.25. The zero-order valence-corrected chi connectivity index (χ0v) is 47.1. The number of benzene rings is 3. The lowest BCUT2D eigenvalue weighted by Crippen LogP contribution is -2.49. The van der Waals surface area contributed by atoms with Gasteiger partial charge in [-0.05, 0) is 136 Å². The minimum absolute atomic E-state index is 0.609. The number of hydrogen-bond donors (Lipinski definition) is 3. The Morgan fingerprint density at radius 1 is 0.947 bits per heavy atom. The summed E-state index contributed by atoms with van der Waals surface area (Å²) in [5.41, 5.74) is 18.5. The first-order valence-electron chi connectivity index (χ1n) is 26.9. The van der Waals surface area contributed by atoms with Crippen LogP contribution < -0.4 is 26.3 Å². The predicted molar refractivity (Wildman–Crippen MR) is 319 cm³/mol. The summed E-state index contributed by atoms with van der Waals surface area (Å²) < 4.78 is 1.93. The number of hydrazine groups is 1. The summed E-state index contributed by atoms with van der Waals surface area (Å²) in [5, 5.41) is 12.2. The third-order valence-corrected chi connectivity index (χ3v) is 13.1. The maximum atomic E-state index is 11.4. The number of unbranched alkanes of at least 4 members (excludes halogenated alkanes) is 1. The number of nitrogens with two attached hydrogens (primary N) is 1. The number of carbonyl (C=O) groups excluding carboxylic acids is 2. The number of piperidine rings is 1. The van der Waals surface area contributed by atoms with Crippen LogP contribution in [-0.4, -0.2) is 124 Å². The van der Waals surface area contributed by atoms with Crippen LogP contribution in [0, 0.1) is 25.7 Å². The fraction of sp³-hybridized carbons (Fsp3) is 0.475. The van der Waals surface area contributed by atoms with Crippen molar-refractivity contribution in [1.82, 2.24) is 35.4 Å². The molecule has 0 aliphatic carbocycles. The van der Waals surface area contributed by atoms with Gasteiger partial charge in [-0.15, -0.1) is 6.58 Å². The van der Waals surface area contributed by atoms with Crippen molar-refractivity contribution in [2.24, 2.45) is 27.6 Å². The van der Waals surface area contributed by atoms with Gasteiger partial charge in [0.15, 0.2) is 0 Å². The van der Waals surface area contributed by atoms with Gasteiger partial charge in [0, 0.05) is 126 Å². The van der Waals surface area contributed by atoms with Gasteiger partial charge in [-0.1, -0.05) is 76.2 Å². The molecule has 408 valence electrons. The maximum Gasteiger partial charge on any atom is 0.150 e. The van der Waals surface area contributed by atoms with E-state index in [-0.39, 0.29) is 0 Å². The lowest BCUT2D eigenvalue weighted by molar-refractivity contribution is -0.0980. The number of carbonyl (C=O) groups is 2. The highest BCUT2D eigenvalue weighted by atomic mass is 16.1. The minimum atomic E-state index is 0.609. The molecule has 1 atom stereocenters. The number of pyridine rings is 1. The van der Waals surface area contributed by atoms with E-state index in [0.717, 1.165) is 137 Å². The fourth-order valence-corrected chi connectivity index (χ4v) is 9.16. The summed E-state index contributed by atoms with van der Waals surface area (Å²) in [7, 11) is 5.66. The third kappa shape index (κ3) is 22.2. The Bertz CT molecular complexity index is 2470. The van der Waals surface area contributed by atoms with Gasteiger partial charge in [0.1, 0.15) is 18.9 Å². The first-order valence-corrected chi connectivity index (χ1v) is 26.9. The molecule has 4 N–H and O–H groups in total. The van der Waals surface area contributed by atoms with Crippen molar-refractivity contribution in [3.8, 4) is 11.3 Å². The predicted octanol–water partition coefficient (Wildman–Crippen LogP) is 10.9. The summed E-state index contributed by atoms with van der Waals surface area (Å²) in [4.78, 5) is 39.7. The summed E-state index contributed by atoms with van der Waals surface area (Å²) in [6, 6.07) is 23.9. The SMILES string of the molecule is C=CCCCC(=C)NN(C)C.C=NC(CC(C)CCCN)=NC.C=O.CCC.Cc1cnn(CNCc2ccccc2-c2nccc3cc(N4CCC(CN5CCN(c6ccc(C)c(C=O)c6)CC5)CC4)ccc23)c1. The number of aldehydes is 1. The van der Waals surface area contributed by atoms with Gasteiger partial charge in [-0.3, -0.25) is 29.7 Å². The number of fused-ring (bicyclic) bond motifs is 1. The highest BCUT2D eigenvalue weighted by Crippen LogP contribution is 2.33. The van der Waals surface area contributed by atoms with Crippen molar-refractivity contribution >= 4 is 47.8 Å². The Morgan fingerprint density at radius 2 is 1.63 bits per heavy atom. The molecule has 0 bridgehead atoms. The second kappa shape index (κ2) is 35.8. The molecule has 2 fully saturated rings. The number of hydrogen-bond acceptors (Lipinski definition) is 12. The van der Waals surface area contributed by atoms with Gasteiger partial charge in [0.2, 0.25) is 0 Å². The number of nitrogens with zero attached hydrogens (tertiary/aromatic N) is 9. The number of rotatable bonds is 21. The summed E-state index contributed by atoms with van der Waals surface area (Å²) >= 11 is 0. The van der Waals surface area contributed by atoms with Crippen molar-refractivity contribution in [3.05, 3.63) is 133 Å². The Hall–Kier alpha value is -6.32. The lowest BCUT2D eigenvalue weighted by atomic mass is 9.95. The molecule has 3 aromatic carbocycles. The van der Waals surface area contributed by atoms with Crippen LogP contribution in [0.3, 0.4) is 0 Å². The molecule has 0 amide bonds. The topological polar surface area (TPSA) is 153 Å². The van der Waals surface area contributed by atoms with Gasteiger partial charge in [0.25, 0.3) is 0 Å². The van der Waals surface area contributed by atoms with Gasteiger partial charge in [-0.2, -0.15) is 5.10 Å². The molecule has 75 heavy (non-hydrogen) atoms. The van der Waals surface area contributed by atoms with Crippen LogP contribution in [0.4, 0.5) is 11.4 Å². The molecule has 2 aromatic heterocycles. The van der Waals surface area contributed by atoms with E-state index < -0.39 is 0 Å². The molecule has 4 heterocycles. The maximum absolute atomic E-state index is 11.4. The molecule has 2 saturated heterocycles. The third-order valence-electron chi connectivity index (χ3n) is 13.1. The minimum Gasteiger partial charge on any atom is -0.371 e. The number of aromatic nitrogens is 3. The zero-order chi connectivity index (χ0) is 55.0. The molecule has 7 rings (SSSR count). The Morgan fingerprint density at radius 3 is 2.25 bits per heavy atom. The fourth-order valence-electron chi connectivity index (χ4n) is 9.16. The molecule has 0 radical (unpaired) electrons. The van der Waals surface area contributed by atoms with Crippen molar-refractivity contribution in [3.63, 3.8) is 0 Å². The Balaban J connectivity index is 0.000000436. The number of aliphatic imine (C=N–C) groups is 2. The highest BCUT2D eigenvalue weighted by molar-refractivity contribution is 5.97. The number of piperazine rings is 1. The second-order valence-corrected chi connectivity index (χ2v) is 19.8. The Kier molecular flexibility index (Phi) is 30.1. The van der Waals surface area contributed by atoms with Gasteiger partial charge in [0.05, 0.1) is 18.6 Å². The average molecular weight is 1030 g/mol. The molecule has 2 aliphatic heterocycles. The monoisotopic (exact) mass is 1020 g/mol. The molecule has 2 aliphatic rings. The molecule has 0 spiro atoms. The van der Waals surface area contributed by atoms with E-state index in [1.54, 1.807) is 7.05 Å². The van der Waals surface area contributed by atoms with Crippen LogP contribution in [0.2, 0.25) is 0 Å². The van der Waals surface area contributed by atoms with E-state index in [2.05, 4.69) is 149 Å². The zero-order valence-electron chi connectivity index (χ0n) is 47.1. The van der Waals surface area contributed by atoms with Crippen LogP contribution in [0.25, 0.3) is 22.0 Å². The number of nitrogens with one attached hydrogen (secondary N) is 2.